The molecule has 2 aromatic rings. The quantitative estimate of drug-likeness (QED) is 0.287. The molecule has 0 aliphatic carbocycles. The number of aromatic nitrogens is 3. The number of nitrogens with one attached hydrogen (secondary N) is 3. The minimum absolute atomic E-state index is 0.406. The molecule has 0 aliphatic rings. The first kappa shape index (κ1) is 21.6. The van der Waals surface area contributed by atoms with Crippen molar-refractivity contribution in [3.63, 3.8) is 0 Å². The lowest BCUT2D eigenvalue weighted by Gasteiger charge is -2.11. The zero-order valence-electron chi connectivity index (χ0n) is 16.8. The van der Waals surface area contributed by atoms with Crippen molar-refractivity contribution in [3.8, 4) is 17.1 Å². The minimum atomic E-state index is 0.406. The molecule has 0 saturated heterocycles. The Balaban J connectivity index is 1.82. The van der Waals surface area contributed by atoms with Gasteiger partial charge in [-0.1, -0.05) is 0 Å². The van der Waals surface area contributed by atoms with Gasteiger partial charge in [-0.15, -0.1) is 0 Å². The molecule has 0 saturated carbocycles. The fraction of sp³-hybridized carbons (Fsp3) is 0.526. The van der Waals surface area contributed by atoms with Gasteiger partial charge >= 0.3 is 0 Å². The van der Waals surface area contributed by atoms with Crippen molar-refractivity contribution in [2.75, 3.05) is 47.1 Å². The van der Waals surface area contributed by atoms with Crippen LogP contribution in [0.1, 0.15) is 19.2 Å². The molecule has 1 aromatic heterocycles. The van der Waals surface area contributed by atoms with Crippen molar-refractivity contribution in [1.82, 2.24) is 25.8 Å². The van der Waals surface area contributed by atoms with Gasteiger partial charge in [-0.2, -0.15) is 5.10 Å². The van der Waals surface area contributed by atoms with E-state index >= 15 is 0 Å². The molecule has 0 spiro atoms. The standard InChI is InChI=1S/C19H30N6O3/c1-4-20-19(21-10-5-11-28-13-12-26-2)22-14-17-23-18(25-24-17)15-6-8-16(27-3)9-7-15/h6-9H,4-5,10-14H2,1-3H3,(H2,20,21,22)(H,23,24,25). The Morgan fingerprint density at radius 1 is 1.11 bits per heavy atom. The van der Waals surface area contributed by atoms with Crippen molar-refractivity contribution in [1.29, 1.82) is 0 Å². The monoisotopic (exact) mass is 390 g/mol. The number of H-pyrrole nitrogens is 1. The van der Waals surface area contributed by atoms with E-state index in [1.807, 2.05) is 31.2 Å². The van der Waals surface area contributed by atoms with Gasteiger partial charge in [-0.25, -0.2) is 9.98 Å². The van der Waals surface area contributed by atoms with Gasteiger partial charge in [0.2, 0.25) is 0 Å². The van der Waals surface area contributed by atoms with Crippen molar-refractivity contribution < 1.29 is 14.2 Å². The molecule has 0 fully saturated rings. The predicted molar refractivity (Wildman–Crippen MR) is 109 cm³/mol. The number of guanidine groups is 1. The Kier molecular flexibility index (Phi) is 9.81. The second-order valence-electron chi connectivity index (χ2n) is 5.91. The van der Waals surface area contributed by atoms with E-state index in [2.05, 4.69) is 30.8 Å². The zero-order valence-corrected chi connectivity index (χ0v) is 16.8. The third kappa shape index (κ3) is 7.53. The summed E-state index contributed by atoms with van der Waals surface area (Å²) in [6.45, 7) is 5.91. The molecule has 0 bridgehead atoms. The third-order valence-electron chi connectivity index (χ3n) is 3.80. The molecule has 1 aromatic carbocycles. The Labute approximate surface area is 165 Å². The number of ether oxygens (including phenoxy) is 3. The molecular formula is C19H30N6O3. The average molecular weight is 390 g/mol. The molecule has 28 heavy (non-hydrogen) atoms. The Morgan fingerprint density at radius 2 is 1.93 bits per heavy atom. The van der Waals surface area contributed by atoms with Crippen LogP contribution in [0.4, 0.5) is 0 Å². The summed E-state index contributed by atoms with van der Waals surface area (Å²) in [7, 11) is 3.31. The number of aromatic amines is 1. The molecule has 3 N–H and O–H groups in total. The summed E-state index contributed by atoms with van der Waals surface area (Å²) in [5, 5.41) is 13.7. The number of benzene rings is 1. The molecule has 2 rings (SSSR count). The van der Waals surface area contributed by atoms with Gasteiger partial charge in [0, 0.05) is 32.4 Å². The number of rotatable bonds is 12. The first-order chi connectivity index (χ1) is 13.8. The third-order valence-corrected chi connectivity index (χ3v) is 3.80. The normalized spacial score (nSPS) is 11.5. The molecule has 9 heteroatoms. The van der Waals surface area contributed by atoms with Crippen molar-refractivity contribution in [2.45, 2.75) is 19.9 Å². The predicted octanol–water partition coefficient (Wildman–Crippen LogP) is 1.59. The van der Waals surface area contributed by atoms with Crippen molar-refractivity contribution >= 4 is 5.96 Å². The highest BCUT2D eigenvalue weighted by Gasteiger charge is 2.06. The zero-order chi connectivity index (χ0) is 20.0. The van der Waals surface area contributed by atoms with Crippen LogP contribution in [0.2, 0.25) is 0 Å². The van der Waals surface area contributed by atoms with E-state index in [1.165, 1.54) is 0 Å². The van der Waals surface area contributed by atoms with Gasteiger partial charge in [0.25, 0.3) is 0 Å². The highest BCUT2D eigenvalue weighted by Crippen LogP contribution is 2.18. The molecule has 0 unspecified atom stereocenters. The number of nitrogens with zero attached hydrogens (tertiary/aromatic N) is 3. The molecule has 0 aliphatic heterocycles. The summed E-state index contributed by atoms with van der Waals surface area (Å²) < 4.78 is 15.6. The molecule has 1 heterocycles. The highest BCUT2D eigenvalue weighted by atomic mass is 16.5. The van der Waals surface area contributed by atoms with E-state index in [0.717, 1.165) is 36.8 Å². The van der Waals surface area contributed by atoms with Crippen LogP contribution in [-0.2, 0) is 16.0 Å². The van der Waals surface area contributed by atoms with Gasteiger partial charge in [-0.05, 0) is 37.6 Å². The summed E-state index contributed by atoms with van der Waals surface area (Å²) in [6, 6.07) is 7.62. The molecule has 0 amide bonds. The minimum Gasteiger partial charge on any atom is -0.497 e. The van der Waals surface area contributed by atoms with E-state index in [9.17, 15) is 0 Å². The maximum atomic E-state index is 5.45. The van der Waals surface area contributed by atoms with E-state index in [-0.39, 0.29) is 0 Å². The number of hydrogen-bond acceptors (Lipinski definition) is 6. The average Bonchev–Trinajstić information content (AvgIpc) is 3.20. The fourth-order valence-electron chi connectivity index (χ4n) is 2.36. The van der Waals surface area contributed by atoms with Crippen LogP contribution < -0.4 is 15.4 Å². The van der Waals surface area contributed by atoms with Crippen LogP contribution in [-0.4, -0.2) is 68.3 Å². The summed E-state index contributed by atoms with van der Waals surface area (Å²) in [5.41, 5.74) is 0.922. The van der Waals surface area contributed by atoms with Crippen LogP contribution in [0.5, 0.6) is 5.75 Å². The van der Waals surface area contributed by atoms with Crippen LogP contribution >= 0.6 is 0 Å². The van der Waals surface area contributed by atoms with E-state index in [4.69, 9.17) is 14.2 Å². The summed E-state index contributed by atoms with van der Waals surface area (Å²) >= 11 is 0. The van der Waals surface area contributed by atoms with Gasteiger partial charge in [0.1, 0.15) is 18.1 Å². The van der Waals surface area contributed by atoms with E-state index in [0.29, 0.717) is 38.0 Å². The maximum absolute atomic E-state index is 5.45. The largest absolute Gasteiger partial charge is 0.497 e. The summed E-state index contributed by atoms with van der Waals surface area (Å²) in [6.07, 6.45) is 0.887. The van der Waals surface area contributed by atoms with E-state index < -0.39 is 0 Å². The van der Waals surface area contributed by atoms with Crippen molar-refractivity contribution in [2.24, 2.45) is 4.99 Å². The van der Waals surface area contributed by atoms with Gasteiger partial charge < -0.3 is 24.8 Å². The van der Waals surface area contributed by atoms with Crippen LogP contribution in [0.3, 0.4) is 0 Å². The van der Waals surface area contributed by atoms with E-state index in [1.54, 1.807) is 14.2 Å². The van der Waals surface area contributed by atoms with Gasteiger partial charge in [0.05, 0.1) is 20.3 Å². The number of hydrogen-bond donors (Lipinski definition) is 3. The Morgan fingerprint density at radius 3 is 2.64 bits per heavy atom. The summed E-state index contributed by atoms with van der Waals surface area (Å²) in [5.74, 6) is 2.88. The van der Waals surface area contributed by atoms with Crippen molar-refractivity contribution in [3.05, 3.63) is 30.1 Å². The highest BCUT2D eigenvalue weighted by molar-refractivity contribution is 5.79. The molecule has 9 nitrogen and oxygen atoms in total. The molecular weight excluding hydrogens is 360 g/mol. The first-order valence-corrected chi connectivity index (χ1v) is 9.41. The van der Waals surface area contributed by atoms with Gasteiger partial charge in [0.15, 0.2) is 11.8 Å². The van der Waals surface area contributed by atoms with Crippen LogP contribution in [0.15, 0.2) is 29.3 Å². The molecule has 0 radical (unpaired) electrons. The van der Waals surface area contributed by atoms with Gasteiger partial charge in [-0.3, -0.25) is 5.10 Å². The lowest BCUT2D eigenvalue weighted by Crippen LogP contribution is -2.38. The van der Waals surface area contributed by atoms with Crippen LogP contribution in [0, 0.1) is 0 Å². The number of methoxy groups -OCH3 is 2. The Hall–Kier alpha value is -2.65. The molecule has 154 valence electrons. The lowest BCUT2D eigenvalue weighted by atomic mass is 10.2. The fourth-order valence-corrected chi connectivity index (χ4v) is 2.36. The number of aliphatic imine (C=N–C) groups is 1. The maximum Gasteiger partial charge on any atom is 0.191 e. The lowest BCUT2D eigenvalue weighted by molar-refractivity contribution is 0.0698. The topological polar surface area (TPSA) is 106 Å². The Bertz CT molecular complexity index is 702. The smallest absolute Gasteiger partial charge is 0.191 e. The second kappa shape index (κ2) is 12.7. The molecule has 0 atom stereocenters. The van der Waals surface area contributed by atoms with Crippen LogP contribution in [0.25, 0.3) is 11.4 Å². The summed E-state index contributed by atoms with van der Waals surface area (Å²) in [4.78, 5) is 9.05. The SMILES string of the molecule is CCNC(=NCc1nc(-c2ccc(OC)cc2)n[nH]1)NCCCOCCOC. The second-order valence-corrected chi connectivity index (χ2v) is 5.91. The first-order valence-electron chi connectivity index (χ1n) is 9.41.